The molecule has 4 heteroatoms. The summed E-state index contributed by atoms with van der Waals surface area (Å²) in [6, 6.07) is 0.795. The maximum Gasteiger partial charge on any atom is 0.219 e. The van der Waals surface area contributed by atoms with Gasteiger partial charge in [0, 0.05) is 18.4 Å². The molecule has 2 aliphatic rings. The number of nitrogens with zero attached hydrogens (tertiary/aromatic N) is 2. The first-order valence-corrected chi connectivity index (χ1v) is 8.47. The van der Waals surface area contributed by atoms with Crippen molar-refractivity contribution in [3.63, 3.8) is 0 Å². The molecule has 0 unspecified atom stereocenters. The highest BCUT2D eigenvalue weighted by Crippen LogP contribution is 2.30. The maximum absolute atomic E-state index is 5.89. The van der Waals surface area contributed by atoms with E-state index in [0.717, 1.165) is 37.2 Å². The minimum Gasteiger partial charge on any atom is -0.425 e. The van der Waals surface area contributed by atoms with Gasteiger partial charge in [-0.25, -0.2) is 0 Å². The smallest absolute Gasteiger partial charge is 0.219 e. The highest BCUT2D eigenvalue weighted by atomic mass is 16.4. The largest absolute Gasteiger partial charge is 0.425 e. The molecule has 112 valence electrons. The van der Waals surface area contributed by atoms with E-state index < -0.39 is 0 Å². The topological polar surface area (TPSA) is 51.0 Å². The molecule has 0 atom stereocenters. The Bertz CT molecular complexity index is 392. The lowest BCUT2D eigenvalue weighted by Gasteiger charge is -2.15. The van der Waals surface area contributed by atoms with Gasteiger partial charge in [0.05, 0.1) is 0 Å². The Balaban J connectivity index is 1.44. The summed E-state index contributed by atoms with van der Waals surface area (Å²) in [4.78, 5) is 0. The molecule has 3 rings (SSSR count). The summed E-state index contributed by atoms with van der Waals surface area (Å²) in [6.07, 6.45) is 13.9. The van der Waals surface area contributed by atoms with Crippen molar-refractivity contribution in [1.29, 1.82) is 0 Å². The maximum atomic E-state index is 5.89. The van der Waals surface area contributed by atoms with Gasteiger partial charge >= 0.3 is 0 Å². The third-order valence-corrected chi connectivity index (χ3v) is 4.51. The van der Waals surface area contributed by atoms with Crippen molar-refractivity contribution in [1.82, 2.24) is 15.5 Å². The fraction of sp³-hybridized carbons (Fsp3) is 0.875. The SMILES string of the molecule is C1CCCC(c2nnc(CCCNC3CC3)o2)CCC1. The van der Waals surface area contributed by atoms with Crippen molar-refractivity contribution in [2.24, 2.45) is 0 Å². The van der Waals surface area contributed by atoms with Crippen LogP contribution in [0.25, 0.3) is 0 Å². The molecule has 2 saturated carbocycles. The minimum atomic E-state index is 0.515. The number of hydrogen-bond donors (Lipinski definition) is 1. The Hall–Kier alpha value is -0.900. The first-order valence-electron chi connectivity index (χ1n) is 8.47. The molecule has 2 fully saturated rings. The van der Waals surface area contributed by atoms with Crippen LogP contribution < -0.4 is 5.32 Å². The summed E-state index contributed by atoms with van der Waals surface area (Å²) >= 11 is 0. The van der Waals surface area contributed by atoms with Gasteiger partial charge < -0.3 is 9.73 Å². The summed E-state index contributed by atoms with van der Waals surface area (Å²) in [5.74, 6) is 2.25. The zero-order valence-corrected chi connectivity index (χ0v) is 12.4. The van der Waals surface area contributed by atoms with E-state index in [1.54, 1.807) is 0 Å². The van der Waals surface area contributed by atoms with E-state index >= 15 is 0 Å². The normalized spacial score (nSPS) is 21.6. The average molecular weight is 277 g/mol. The van der Waals surface area contributed by atoms with Crippen LogP contribution in [0.3, 0.4) is 0 Å². The zero-order valence-electron chi connectivity index (χ0n) is 12.4. The van der Waals surface area contributed by atoms with Crippen LogP contribution in [0.5, 0.6) is 0 Å². The number of nitrogens with one attached hydrogen (secondary N) is 1. The van der Waals surface area contributed by atoms with Crippen LogP contribution in [0.15, 0.2) is 4.42 Å². The van der Waals surface area contributed by atoms with Gasteiger partial charge in [-0.1, -0.05) is 32.1 Å². The van der Waals surface area contributed by atoms with Gasteiger partial charge in [0.25, 0.3) is 0 Å². The second-order valence-corrected chi connectivity index (χ2v) is 6.41. The Morgan fingerprint density at radius 1 is 0.950 bits per heavy atom. The Morgan fingerprint density at radius 2 is 1.70 bits per heavy atom. The van der Waals surface area contributed by atoms with E-state index in [1.165, 1.54) is 57.8 Å². The van der Waals surface area contributed by atoms with E-state index in [-0.39, 0.29) is 0 Å². The molecule has 1 N–H and O–H groups in total. The first kappa shape index (κ1) is 14.1. The Kier molecular flexibility index (Phi) is 5.06. The lowest BCUT2D eigenvalue weighted by Crippen LogP contribution is -2.17. The van der Waals surface area contributed by atoms with Crippen LogP contribution in [-0.4, -0.2) is 22.8 Å². The van der Waals surface area contributed by atoms with E-state index in [2.05, 4.69) is 15.5 Å². The van der Waals surface area contributed by atoms with Crippen molar-refractivity contribution in [2.75, 3.05) is 6.54 Å². The third kappa shape index (κ3) is 4.30. The van der Waals surface area contributed by atoms with Gasteiger partial charge in [0.2, 0.25) is 11.8 Å². The highest BCUT2D eigenvalue weighted by molar-refractivity contribution is 4.92. The predicted molar refractivity (Wildman–Crippen MR) is 78.7 cm³/mol. The summed E-state index contributed by atoms with van der Waals surface area (Å²) in [6.45, 7) is 1.08. The van der Waals surface area contributed by atoms with Crippen molar-refractivity contribution in [3.8, 4) is 0 Å². The quantitative estimate of drug-likeness (QED) is 0.807. The molecule has 0 spiro atoms. The lowest BCUT2D eigenvalue weighted by atomic mass is 9.91. The van der Waals surface area contributed by atoms with Crippen LogP contribution in [-0.2, 0) is 6.42 Å². The van der Waals surface area contributed by atoms with Crippen molar-refractivity contribution in [3.05, 3.63) is 11.8 Å². The Labute approximate surface area is 121 Å². The number of rotatable bonds is 6. The van der Waals surface area contributed by atoms with E-state index in [4.69, 9.17) is 4.42 Å². The van der Waals surface area contributed by atoms with Gasteiger partial charge in [0.1, 0.15) is 0 Å². The molecular formula is C16H27N3O. The van der Waals surface area contributed by atoms with Crippen LogP contribution >= 0.6 is 0 Å². The van der Waals surface area contributed by atoms with Crippen LogP contribution in [0.2, 0.25) is 0 Å². The third-order valence-electron chi connectivity index (χ3n) is 4.51. The van der Waals surface area contributed by atoms with Crippen molar-refractivity contribution < 1.29 is 4.42 Å². The molecule has 20 heavy (non-hydrogen) atoms. The lowest BCUT2D eigenvalue weighted by molar-refractivity contribution is 0.361. The van der Waals surface area contributed by atoms with E-state index in [0.29, 0.717) is 5.92 Å². The molecule has 1 aromatic rings. The number of aromatic nitrogens is 2. The van der Waals surface area contributed by atoms with Crippen molar-refractivity contribution >= 4 is 0 Å². The molecule has 0 bridgehead atoms. The molecule has 0 radical (unpaired) electrons. The average Bonchev–Trinajstić information content (AvgIpc) is 3.12. The molecule has 2 aliphatic carbocycles. The van der Waals surface area contributed by atoms with Crippen LogP contribution in [0.1, 0.15) is 81.9 Å². The summed E-state index contributed by atoms with van der Waals surface area (Å²) in [5.41, 5.74) is 0. The van der Waals surface area contributed by atoms with Gasteiger partial charge in [-0.15, -0.1) is 10.2 Å². The molecule has 1 aromatic heterocycles. The monoisotopic (exact) mass is 277 g/mol. The van der Waals surface area contributed by atoms with E-state index in [9.17, 15) is 0 Å². The zero-order chi connectivity index (χ0) is 13.6. The van der Waals surface area contributed by atoms with Gasteiger partial charge in [-0.05, 0) is 38.6 Å². The summed E-state index contributed by atoms with van der Waals surface area (Å²) in [5, 5.41) is 12.1. The molecule has 0 amide bonds. The summed E-state index contributed by atoms with van der Waals surface area (Å²) in [7, 11) is 0. The van der Waals surface area contributed by atoms with E-state index in [1.807, 2.05) is 0 Å². The molecule has 0 aromatic carbocycles. The van der Waals surface area contributed by atoms with Gasteiger partial charge in [0.15, 0.2) is 0 Å². The van der Waals surface area contributed by atoms with Crippen LogP contribution in [0.4, 0.5) is 0 Å². The number of aryl methyl sites for hydroxylation is 1. The van der Waals surface area contributed by atoms with Gasteiger partial charge in [-0.2, -0.15) is 0 Å². The fourth-order valence-electron chi connectivity index (χ4n) is 3.07. The highest BCUT2D eigenvalue weighted by Gasteiger charge is 2.21. The Morgan fingerprint density at radius 3 is 2.45 bits per heavy atom. The standard InChI is InChI=1S/C16H27N3O/c1-2-4-7-13(8-5-3-1)16-19-18-15(20-16)9-6-12-17-14-10-11-14/h13-14,17H,1-12H2. The predicted octanol–water partition coefficient (Wildman–Crippen LogP) is 3.58. The molecule has 4 nitrogen and oxygen atoms in total. The molecule has 0 saturated heterocycles. The molecular weight excluding hydrogens is 250 g/mol. The van der Waals surface area contributed by atoms with Crippen molar-refractivity contribution in [2.45, 2.75) is 82.6 Å². The summed E-state index contributed by atoms with van der Waals surface area (Å²) < 4.78 is 5.89. The van der Waals surface area contributed by atoms with Gasteiger partial charge in [-0.3, -0.25) is 0 Å². The number of hydrogen-bond acceptors (Lipinski definition) is 4. The second kappa shape index (κ2) is 7.21. The first-order chi connectivity index (χ1) is 9.92. The molecule has 1 heterocycles. The second-order valence-electron chi connectivity index (χ2n) is 6.41. The molecule has 0 aliphatic heterocycles. The van der Waals surface area contributed by atoms with Crippen LogP contribution in [0, 0.1) is 0 Å². The minimum absolute atomic E-state index is 0.515. The fourth-order valence-corrected chi connectivity index (χ4v) is 3.07.